The van der Waals surface area contributed by atoms with Gasteiger partial charge in [0.15, 0.2) is 0 Å². The van der Waals surface area contributed by atoms with Gasteiger partial charge in [-0.2, -0.15) is 0 Å². The van der Waals surface area contributed by atoms with E-state index in [4.69, 9.17) is 0 Å². The Labute approximate surface area is 122 Å². The minimum absolute atomic E-state index is 0.0118. The summed E-state index contributed by atoms with van der Waals surface area (Å²) < 4.78 is 12.7. The van der Waals surface area contributed by atoms with Crippen LogP contribution < -0.4 is 5.32 Å². The molecule has 2 aromatic rings. The van der Waals surface area contributed by atoms with E-state index in [2.05, 4.69) is 5.32 Å². The molecule has 0 aliphatic rings. The standard InChI is InChI=1S/C16H16FNOS/c17-14-8-6-13(7-9-14)12-18-16(19)10-11-20-15-4-2-1-3-5-15/h1-9H,10-12H2,(H,18,19). The number of nitrogens with one attached hydrogen (secondary N) is 1. The van der Waals surface area contributed by atoms with E-state index in [0.717, 1.165) is 11.3 Å². The predicted octanol–water partition coefficient (Wildman–Crippen LogP) is 3.62. The monoisotopic (exact) mass is 289 g/mol. The summed E-state index contributed by atoms with van der Waals surface area (Å²) >= 11 is 1.66. The first-order valence-corrected chi connectivity index (χ1v) is 7.41. The molecule has 2 nitrogen and oxygen atoms in total. The molecule has 0 spiro atoms. The molecule has 2 aromatic carbocycles. The van der Waals surface area contributed by atoms with E-state index in [9.17, 15) is 9.18 Å². The molecular formula is C16H16FNOS. The third-order valence-electron chi connectivity index (χ3n) is 2.74. The number of benzene rings is 2. The molecule has 0 atom stereocenters. The van der Waals surface area contributed by atoms with Crippen LogP contribution >= 0.6 is 11.8 Å². The van der Waals surface area contributed by atoms with Crippen LogP contribution in [0, 0.1) is 5.82 Å². The molecule has 0 unspecified atom stereocenters. The third-order valence-corrected chi connectivity index (χ3v) is 3.76. The Hall–Kier alpha value is -1.81. The molecule has 20 heavy (non-hydrogen) atoms. The Morgan fingerprint density at radius 3 is 2.45 bits per heavy atom. The van der Waals surface area contributed by atoms with Crippen molar-refractivity contribution in [2.45, 2.75) is 17.9 Å². The Balaban J connectivity index is 1.67. The van der Waals surface area contributed by atoms with Crippen molar-refractivity contribution in [1.82, 2.24) is 5.32 Å². The highest BCUT2D eigenvalue weighted by atomic mass is 32.2. The van der Waals surface area contributed by atoms with Crippen LogP contribution in [0.3, 0.4) is 0 Å². The van der Waals surface area contributed by atoms with Gasteiger partial charge in [0.1, 0.15) is 5.82 Å². The van der Waals surface area contributed by atoms with Crippen LogP contribution in [0.25, 0.3) is 0 Å². The van der Waals surface area contributed by atoms with Crippen LogP contribution in [0.4, 0.5) is 4.39 Å². The molecule has 0 aromatic heterocycles. The number of amides is 1. The van der Waals surface area contributed by atoms with E-state index in [-0.39, 0.29) is 11.7 Å². The van der Waals surface area contributed by atoms with Gasteiger partial charge in [-0.1, -0.05) is 30.3 Å². The Morgan fingerprint density at radius 1 is 1.05 bits per heavy atom. The number of halogens is 1. The first-order valence-electron chi connectivity index (χ1n) is 6.43. The summed E-state index contributed by atoms with van der Waals surface area (Å²) in [6.45, 7) is 0.440. The SMILES string of the molecule is O=C(CCSc1ccccc1)NCc1ccc(F)cc1. The maximum Gasteiger partial charge on any atom is 0.221 e. The van der Waals surface area contributed by atoms with Gasteiger partial charge in [0.25, 0.3) is 0 Å². The van der Waals surface area contributed by atoms with Crippen molar-refractivity contribution in [1.29, 1.82) is 0 Å². The largest absolute Gasteiger partial charge is 0.352 e. The van der Waals surface area contributed by atoms with Crippen molar-refractivity contribution < 1.29 is 9.18 Å². The maximum atomic E-state index is 12.7. The van der Waals surface area contributed by atoms with E-state index in [1.165, 1.54) is 17.0 Å². The lowest BCUT2D eigenvalue weighted by Crippen LogP contribution is -2.22. The van der Waals surface area contributed by atoms with Crippen molar-refractivity contribution in [3.8, 4) is 0 Å². The van der Waals surface area contributed by atoms with Gasteiger partial charge in [0.05, 0.1) is 0 Å². The second-order valence-electron chi connectivity index (χ2n) is 4.31. The van der Waals surface area contributed by atoms with Crippen LogP contribution in [0.15, 0.2) is 59.5 Å². The molecule has 0 heterocycles. The summed E-state index contributed by atoms with van der Waals surface area (Å²) in [7, 11) is 0. The molecule has 104 valence electrons. The minimum Gasteiger partial charge on any atom is -0.352 e. The molecule has 2 rings (SSSR count). The van der Waals surface area contributed by atoms with Crippen molar-refractivity contribution in [3.05, 3.63) is 66.0 Å². The Kier molecular flexibility index (Phi) is 5.62. The van der Waals surface area contributed by atoms with Gasteiger partial charge in [-0.15, -0.1) is 11.8 Å². The highest BCUT2D eigenvalue weighted by Crippen LogP contribution is 2.17. The number of hydrogen-bond acceptors (Lipinski definition) is 2. The zero-order valence-corrected chi connectivity index (χ0v) is 11.8. The second kappa shape index (κ2) is 7.70. The molecule has 0 aliphatic carbocycles. The van der Waals surface area contributed by atoms with Crippen molar-refractivity contribution >= 4 is 17.7 Å². The molecule has 1 N–H and O–H groups in total. The average molecular weight is 289 g/mol. The maximum absolute atomic E-state index is 12.7. The molecular weight excluding hydrogens is 273 g/mol. The van der Waals surface area contributed by atoms with E-state index >= 15 is 0 Å². The zero-order chi connectivity index (χ0) is 14.2. The van der Waals surface area contributed by atoms with Crippen LogP contribution in [0.5, 0.6) is 0 Å². The lowest BCUT2D eigenvalue weighted by molar-refractivity contribution is -0.120. The van der Waals surface area contributed by atoms with Crippen LogP contribution in [-0.2, 0) is 11.3 Å². The number of rotatable bonds is 6. The fourth-order valence-corrected chi connectivity index (χ4v) is 2.54. The van der Waals surface area contributed by atoms with Gasteiger partial charge in [-0.05, 0) is 29.8 Å². The summed E-state index contributed by atoms with van der Waals surface area (Å²) in [5.41, 5.74) is 0.899. The van der Waals surface area contributed by atoms with E-state index in [1.807, 2.05) is 30.3 Å². The summed E-state index contributed by atoms with van der Waals surface area (Å²) in [4.78, 5) is 12.8. The van der Waals surface area contributed by atoms with Gasteiger partial charge >= 0.3 is 0 Å². The Morgan fingerprint density at radius 2 is 1.75 bits per heavy atom. The smallest absolute Gasteiger partial charge is 0.221 e. The fraction of sp³-hybridized carbons (Fsp3) is 0.188. The van der Waals surface area contributed by atoms with Gasteiger partial charge in [-0.3, -0.25) is 4.79 Å². The molecule has 0 saturated heterocycles. The van der Waals surface area contributed by atoms with E-state index in [1.54, 1.807) is 23.9 Å². The minimum atomic E-state index is -0.265. The number of carbonyl (C=O) groups excluding carboxylic acids is 1. The molecule has 0 saturated carbocycles. The third kappa shape index (κ3) is 5.05. The summed E-state index contributed by atoms with van der Waals surface area (Å²) in [5, 5.41) is 2.83. The summed E-state index contributed by atoms with van der Waals surface area (Å²) in [6, 6.07) is 16.1. The number of thioether (sulfide) groups is 1. The van der Waals surface area contributed by atoms with Gasteiger partial charge in [0, 0.05) is 23.6 Å². The highest BCUT2D eigenvalue weighted by molar-refractivity contribution is 7.99. The lowest BCUT2D eigenvalue weighted by atomic mass is 10.2. The molecule has 1 amide bonds. The Bertz CT molecular complexity index is 542. The van der Waals surface area contributed by atoms with Crippen molar-refractivity contribution in [3.63, 3.8) is 0 Å². The summed E-state index contributed by atoms with van der Waals surface area (Å²) in [6.07, 6.45) is 0.473. The van der Waals surface area contributed by atoms with Crippen molar-refractivity contribution in [2.75, 3.05) is 5.75 Å². The van der Waals surface area contributed by atoms with Gasteiger partial charge in [-0.25, -0.2) is 4.39 Å². The topological polar surface area (TPSA) is 29.1 Å². The molecule has 0 fully saturated rings. The highest BCUT2D eigenvalue weighted by Gasteiger charge is 2.02. The lowest BCUT2D eigenvalue weighted by Gasteiger charge is -2.05. The van der Waals surface area contributed by atoms with Gasteiger partial charge < -0.3 is 5.32 Å². The second-order valence-corrected chi connectivity index (χ2v) is 5.48. The van der Waals surface area contributed by atoms with Gasteiger partial charge in [0.2, 0.25) is 5.91 Å². The molecule has 0 aliphatic heterocycles. The number of carbonyl (C=O) groups is 1. The normalized spacial score (nSPS) is 10.2. The first kappa shape index (κ1) is 14.6. The fourth-order valence-electron chi connectivity index (χ4n) is 1.67. The average Bonchev–Trinajstić information content (AvgIpc) is 2.48. The van der Waals surface area contributed by atoms with Crippen LogP contribution in [0.1, 0.15) is 12.0 Å². The predicted molar refractivity (Wildman–Crippen MR) is 80.0 cm³/mol. The van der Waals surface area contributed by atoms with Crippen molar-refractivity contribution in [2.24, 2.45) is 0 Å². The molecule has 0 radical (unpaired) electrons. The molecule has 4 heteroatoms. The number of hydrogen-bond donors (Lipinski definition) is 1. The molecule has 0 bridgehead atoms. The quantitative estimate of drug-likeness (QED) is 0.823. The summed E-state index contributed by atoms with van der Waals surface area (Å²) in [5.74, 6) is 0.497. The van der Waals surface area contributed by atoms with E-state index < -0.39 is 0 Å². The van der Waals surface area contributed by atoms with Crippen LogP contribution in [0.2, 0.25) is 0 Å². The zero-order valence-electron chi connectivity index (χ0n) is 11.0. The first-order chi connectivity index (χ1) is 9.74. The van der Waals surface area contributed by atoms with E-state index in [0.29, 0.717) is 13.0 Å². The van der Waals surface area contributed by atoms with Crippen LogP contribution in [-0.4, -0.2) is 11.7 Å².